The monoisotopic (exact) mass is 259 g/mol. The predicted molar refractivity (Wildman–Crippen MR) is 68.6 cm³/mol. The van der Waals surface area contributed by atoms with Crippen molar-refractivity contribution < 1.29 is 13.2 Å². The van der Waals surface area contributed by atoms with Gasteiger partial charge in [-0.3, -0.25) is 0 Å². The molecule has 0 aromatic heterocycles. The molecule has 0 aliphatic rings. The van der Waals surface area contributed by atoms with Crippen LogP contribution in [0.15, 0.2) is 24.3 Å². The number of hydrogen-bond donors (Lipinski definition) is 1. The lowest BCUT2D eigenvalue weighted by Gasteiger charge is -2.36. The van der Waals surface area contributed by atoms with Crippen molar-refractivity contribution in [2.45, 2.75) is 38.6 Å². The van der Waals surface area contributed by atoms with Gasteiger partial charge in [-0.1, -0.05) is 12.1 Å². The summed E-state index contributed by atoms with van der Waals surface area (Å²) in [5, 5.41) is 0. The SMILES string of the molecule is CC(O[Si](C)(C)C)(c1ccc(N)cc1)C(F)F. The predicted octanol–water partition coefficient (Wildman–Crippen LogP) is 3.60. The molecule has 0 saturated heterocycles. The Morgan fingerprint density at radius 3 is 2.00 bits per heavy atom. The van der Waals surface area contributed by atoms with Crippen LogP contribution < -0.4 is 5.73 Å². The van der Waals surface area contributed by atoms with Gasteiger partial charge in [-0.25, -0.2) is 8.78 Å². The maximum absolute atomic E-state index is 13.3. The molecule has 1 aromatic rings. The highest BCUT2D eigenvalue weighted by Gasteiger charge is 2.41. The number of nitrogens with two attached hydrogens (primary N) is 1. The standard InChI is InChI=1S/C12H19F2NOSi/c1-12(11(13)14,16-17(2,3)4)9-5-7-10(15)8-6-9/h5-8,11H,15H2,1-4H3. The first-order valence-electron chi connectivity index (χ1n) is 5.49. The summed E-state index contributed by atoms with van der Waals surface area (Å²) in [4.78, 5) is 0. The van der Waals surface area contributed by atoms with Crippen LogP contribution in [0.4, 0.5) is 14.5 Å². The molecule has 0 radical (unpaired) electrons. The van der Waals surface area contributed by atoms with Crippen LogP contribution in [0.3, 0.4) is 0 Å². The summed E-state index contributed by atoms with van der Waals surface area (Å²) >= 11 is 0. The number of benzene rings is 1. The average molecular weight is 259 g/mol. The van der Waals surface area contributed by atoms with Crippen molar-refractivity contribution in [2.75, 3.05) is 5.73 Å². The van der Waals surface area contributed by atoms with Crippen molar-refractivity contribution in [1.82, 2.24) is 0 Å². The van der Waals surface area contributed by atoms with Crippen LogP contribution in [-0.4, -0.2) is 14.7 Å². The lowest BCUT2D eigenvalue weighted by molar-refractivity contribution is -0.0746. The smallest absolute Gasteiger partial charge is 0.269 e. The second-order valence-corrected chi connectivity index (χ2v) is 9.67. The molecule has 0 aliphatic heterocycles. The van der Waals surface area contributed by atoms with E-state index in [1.165, 1.54) is 6.92 Å². The van der Waals surface area contributed by atoms with E-state index in [0.29, 0.717) is 11.3 Å². The average Bonchev–Trinajstić information content (AvgIpc) is 2.15. The van der Waals surface area contributed by atoms with Gasteiger partial charge in [-0.05, 0) is 44.3 Å². The molecule has 0 bridgehead atoms. The molecule has 5 heteroatoms. The molecular weight excluding hydrogens is 240 g/mol. The first kappa shape index (κ1) is 14.1. The van der Waals surface area contributed by atoms with Crippen molar-refractivity contribution in [3.8, 4) is 0 Å². The van der Waals surface area contributed by atoms with Crippen LogP contribution in [0.2, 0.25) is 19.6 Å². The third kappa shape index (κ3) is 3.51. The number of hydrogen-bond acceptors (Lipinski definition) is 2. The van der Waals surface area contributed by atoms with E-state index in [1.54, 1.807) is 24.3 Å². The molecule has 17 heavy (non-hydrogen) atoms. The van der Waals surface area contributed by atoms with Crippen molar-refractivity contribution in [3.05, 3.63) is 29.8 Å². The minimum absolute atomic E-state index is 0.462. The van der Waals surface area contributed by atoms with Gasteiger partial charge in [0.1, 0.15) is 5.60 Å². The van der Waals surface area contributed by atoms with E-state index in [2.05, 4.69) is 0 Å². The van der Waals surface area contributed by atoms with Gasteiger partial charge in [0, 0.05) is 5.69 Å². The Balaban J connectivity index is 3.12. The number of anilines is 1. The molecule has 0 heterocycles. The van der Waals surface area contributed by atoms with E-state index in [1.807, 2.05) is 19.6 Å². The van der Waals surface area contributed by atoms with Gasteiger partial charge in [-0.15, -0.1) is 0 Å². The Morgan fingerprint density at radius 2 is 1.65 bits per heavy atom. The Labute approximate surface area is 102 Å². The molecule has 96 valence electrons. The van der Waals surface area contributed by atoms with Gasteiger partial charge in [0.2, 0.25) is 0 Å². The molecule has 1 aromatic carbocycles. The largest absolute Gasteiger partial charge is 0.403 e. The van der Waals surface area contributed by atoms with Gasteiger partial charge in [0.25, 0.3) is 6.43 Å². The van der Waals surface area contributed by atoms with Crippen LogP contribution in [0.25, 0.3) is 0 Å². The Kier molecular flexibility index (Phi) is 3.94. The van der Waals surface area contributed by atoms with Crippen molar-refractivity contribution in [1.29, 1.82) is 0 Å². The molecule has 2 nitrogen and oxygen atoms in total. The molecule has 2 N–H and O–H groups in total. The zero-order chi connectivity index (χ0) is 13.3. The van der Waals surface area contributed by atoms with Crippen LogP contribution in [0.5, 0.6) is 0 Å². The maximum Gasteiger partial charge on any atom is 0.269 e. The third-order valence-corrected chi connectivity index (χ3v) is 3.45. The highest BCUT2D eigenvalue weighted by atomic mass is 28.4. The van der Waals surface area contributed by atoms with Gasteiger partial charge >= 0.3 is 0 Å². The first-order chi connectivity index (χ1) is 7.65. The second kappa shape index (κ2) is 4.74. The molecule has 0 spiro atoms. The normalized spacial score (nSPS) is 15.9. The molecule has 0 aliphatic carbocycles. The first-order valence-corrected chi connectivity index (χ1v) is 8.90. The van der Waals surface area contributed by atoms with E-state index in [4.69, 9.17) is 10.2 Å². The molecule has 0 amide bonds. The number of alkyl halides is 2. The van der Waals surface area contributed by atoms with E-state index < -0.39 is 20.3 Å². The van der Waals surface area contributed by atoms with E-state index >= 15 is 0 Å². The fourth-order valence-electron chi connectivity index (χ4n) is 1.68. The zero-order valence-corrected chi connectivity index (χ0v) is 11.6. The Bertz CT molecular complexity index is 375. The van der Waals surface area contributed by atoms with Gasteiger partial charge in [0.15, 0.2) is 8.32 Å². The molecule has 1 unspecified atom stereocenters. The van der Waals surface area contributed by atoms with Crippen molar-refractivity contribution in [2.24, 2.45) is 0 Å². The summed E-state index contributed by atoms with van der Waals surface area (Å²) in [5.74, 6) is 0. The fraction of sp³-hybridized carbons (Fsp3) is 0.500. The minimum Gasteiger partial charge on any atom is -0.403 e. The van der Waals surface area contributed by atoms with E-state index in [0.717, 1.165) is 0 Å². The van der Waals surface area contributed by atoms with Gasteiger partial charge < -0.3 is 10.2 Å². The zero-order valence-electron chi connectivity index (χ0n) is 10.6. The van der Waals surface area contributed by atoms with Gasteiger partial charge in [-0.2, -0.15) is 0 Å². The lowest BCUT2D eigenvalue weighted by atomic mass is 9.96. The summed E-state index contributed by atoms with van der Waals surface area (Å²) in [6.45, 7) is 7.11. The summed E-state index contributed by atoms with van der Waals surface area (Å²) < 4.78 is 32.2. The fourth-order valence-corrected chi connectivity index (χ4v) is 3.16. The number of rotatable bonds is 4. The number of nitrogen functional groups attached to an aromatic ring is 1. The molecule has 0 fully saturated rings. The second-order valence-electron chi connectivity index (χ2n) is 5.24. The highest BCUT2D eigenvalue weighted by Crippen LogP contribution is 2.35. The van der Waals surface area contributed by atoms with Crippen LogP contribution in [0.1, 0.15) is 12.5 Å². The molecular formula is C12H19F2NOSi. The van der Waals surface area contributed by atoms with E-state index in [9.17, 15) is 8.78 Å². The molecule has 1 rings (SSSR count). The van der Waals surface area contributed by atoms with Gasteiger partial charge in [0.05, 0.1) is 0 Å². The van der Waals surface area contributed by atoms with Crippen molar-refractivity contribution >= 4 is 14.0 Å². The third-order valence-electron chi connectivity index (χ3n) is 2.42. The summed E-state index contributed by atoms with van der Waals surface area (Å²) in [6, 6.07) is 6.43. The summed E-state index contributed by atoms with van der Waals surface area (Å²) in [7, 11) is -2.06. The summed E-state index contributed by atoms with van der Waals surface area (Å²) in [5.41, 5.74) is 5.01. The number of halogens is 2. The molecule has 1 atom stereocenters. The Morgan fingerprint density at radius 1 is 1.18 bits per heavy atom. The van der Waals surface area contributed by atoms with Crippen molar-refractivity contribution in [3.63, 3.8) is 0 Å². The summed E-state index contributed by atoms with van der Waals surface area (Å²) in [6.07, 6.45) is -2.57. The maximum atomic E-state index is 13.3. The topological polar surface area (TPSA) is 35.2 Å². The van der Waals surface area contributed by atoms with Crippen LogP contribution >= 0.6 is 0 Å². The van der Waals surface area contributed by atoms with Crippen LogP contribution in [0, 0.1) is 0 Å². The van der Waals surface area contributed by atoms with Crippen LogP contribution in [-0.2, 0) is 10.0 Å². The molecule has 0 saturated carbocycles. The lowest BCUT2D eigenvalue weighted by Crippen LogP contribution is -2.43. The van der Waals surface area contributed by atoms with E-state index in [-0.39, 0.29) is 0 Å². The Hall–Kier alpha value is -0.943. The quantitative estimate of drug-likeness (QED) is 0.662. The minimum atomic E-state index is -2.57. The highest BCUT2D eigenvalue weighted by molar-refractivity contribution is 6.69.